The second kappa shape index (κ2) is 31.6. The number of benzene rings is 4. The fraction of sp³-hybridized carbons (Fsp3) is 0.394. The molecule has 2 N–H and O–H groups in total. The van der Waals surface area contributed by atoms with E-state index in [1.165, 1.54) is 11.1 Å². The first-order chi connectivity index (χ1) is 36.3. The van der Waals surface area contributed by atoms with Gasteiger partial charge in [-0.15, -0.1) is 22.2 Å². The van der Waals surface area contributed by atoms with Crippen LogP contribution in [0.3, 0.4) is 0 Å². The van der Waals surface area contributed by atoms with Crippen LogP contribution < -0.4 is 0 Å². The second-order valence-electron chi connectivity index (χ2n) is 22.8. The predicted octanol–water partition coefficient (Wildman–Crippen LogP) is 10.9. The molecule has 0 bridgehead atoms. The number of rotatable bonds is 12. The molecule has 0 amide bonds. The Morgan fingerprint density at radius 2 is 0.922 bits per heavy atom. The van der Waals surface area contributed by atoms with Gasteiger partial charge in [0.15, 0.2) is 5.41 Å². The quantitative estimate of drug-likeness (QED) is 0.0631. The highest BCUT2D eigenvalue weighted by molar-refractivity contribution is 6.85. The number of hydrogen-bond acceptors (Lipinski definition) is 7. The number of fused-ring (bicyclic) bond motifs is 1. The van der Waals surface area contributed by atoms with Gasteiger partial charge in [-0.25, -0.2) is 0 Å². The zero-order chi connectivity index (χ0) is 57.1. The van der Waals surface area contributed by atoms with E-state index in [-0.39, 0.29) is 39.3 Å². The van der Waals surface area contributed by atoms with Crippen LogP contribution >= 0.6 is 0 Å². The summed E-state index contributed by atoms with van der Waals surface area (Å²) in [6, 6.07) is 30.5. The van der Waals surface area contributed by atoms with Crippen LogP contribution in [-0.4, -0.2) is 92.3 Å². The van der Waals surface area contributed by atoms with Crippen molar-refractivity contribution in [2.24, 2.45) is 5.41 Å². The van der Waals surface area contributed by atoms with Crippen molar-refractivity contribution in [3.8, 4) is 81.4 Å². The van der Waals surface area contributed by atoms with Crippen LogP contribution in [0, 0.1) is 86.8 Å². The fourth-order valence-corrected chi connectivity index (χ4v) is 9.44. The first kappa shape index (κ1) is 64.8. The molecule has 7 nitrogen and oxygen atoms in total. The van der Waals surface area contributed by atoms with Gasteiger partial charge in [0.2, 0.25) is 0 Å². The summed E-state index contributed by atoms with van der Waals surface area (Å²) in [4.78, 5) is 29.2. The van der Waals surface area contributed by atoms with Crippen LogP contribution in [-0.2, 0) is 57.9 Å². The number of hydrogen-bond donors (Lipinski definition) is 2. The molecule has 4 aromatic rings. The van der Waals surface area contributed by atoms with E-state index in [0.717, 1.165) is 46.3 Å². The Labute approximate surface area is 467 Å². The zero-order valence-corrected chi connectivity index (χ0v) is 52.4. The first-order valence-corrected chi connectivity index (χ1v) is 40.5. The minimum Gasteiger partial charge on any atom is -0.465 e. The third-order valence-electron chi connectivity index (χ3n) is 11.1. The molecule has 11 heteroatoms. The normalized spacial score (nSPS) is 11.9. The van der Waals surface area contributed by atoms with Crippen molar-refractivity contribution in [2.75, 3.05) is 32.9 Å². The van der Waals surface area contributed by atoms with Crippen LogP contribution in [0.15, 0.2) is 91.0 Å². The molecule has 4 aromatic carbocycles. The van der Waals surface area contributed by atoms with E-state index in [1.807, 2.05) is 54.6 Å². The maximum absolute atomic E-state index is 13.5. The molecule has 402 valence electrons. The van der Waals surface area contributed by atoms with Crippen molar-refractivity contribution in [3.05, 3.63) is 141 Å². The summed E-state index contributed by atoms with van der Waals surface area (Å²) in [5.41, 5.74) is 20.3. The van der Waals surface area contributed by atoms with Gasteiger partial charge in [-0.2, -0.15) is 0 Å². The van der Waals surface area contributed by atoms with Gasteiger partial charge in [0.25, 0.3) is 0 Å². The number of aliphatic hydroxyl groups is 2. The van der Waals surface area contributed by atoms with Gasteiger partial charge in [-0.05, 0) is 82.9 Å². The Morgan fingerprint density at radius 1 is 0.519 bits per heavy atom. The molecule has 77 heavy (non-hydrogen) atoms. The number of esters is 2. The molecule has 1 aliphatic rings. The number of ether oxygens (including phenoxy) is 2. The van der Waals surface area contributed by atoms with E-state index >= 15 is 0 Å². The van der Waals surface area contributed by atoms with Gasteiger partial charge in [0.1, 0.15) is 38.9 Å². The minimum atomic E-state index is -1.81. The summed E-state index contributed by atoms with van der Waals surface area (Å²) in [7, 11) is -6.31. The number of aliphatic hydroxyl groups excluding tert-OH is 2. The molecule has 0 aromatic heterocycles. The Hall–Kier alpha value is -6.51. The average Bonchev–Trinajstić information content (AvgIpc) is 3.79. The molecule has 0 spiro atoms. The molecular formula is C66H81NO6Si4. The highest BCUT2D eigenvalue weighted by atomic mass is 28.3. The van der Waals surface area contributed by atoms with Gasteiger partial charge in [-0.1, -0.05) is 205 Å². The summed E-state index contributed by atoms with van der Waals surface area (Å²) >= 11 is 0. The number of carbonyl (C=O) groups is 2. The van der Waals surface area contributed by atoms with Crippen LogP contribution in [0.2, 0.25) is 78.6 Å². The molecular weight excluding hydrogens is 1020 g/mol. The average molecular weight is 1100 g/mol. The molecule has 0 fully saturated rings. The molecule has 5 rings (SSSR count). The first-order valence-electron chi connectivity index (χ1n) is 26.5. The fourth-order valence-electron chi connectivity index (χ4n) is 7.56. The van der Waals surface area contributed by atoms with E-state index in [1.54, 1.807) is 13.8 Å². The van der Waals surface area contributed by atoms with Crippen molar-refractivity contribution in [1.29, 1.82) is 0 Å². The lowest BCUT2D eigenvalue weighted by Crippen LogP contribution is -2.43. The van der Waals surface area contributed by atoms with Gasteiger partial charge in [-0.3, -0.25) is 14.5 Å². The summed E-state index contributed by atoms with van der Waals surface area (Å²) in [5, 5.41) is 19.2. The van der Waals surface area contributed by atoms with Crippen molar-refractivity contribution in [3.63, 3.8) is 0 Å². The third kappa shape index (κ3) is 24.1. The van der Waals surface area contributed by atoms with Crippen LogP contribution in [0.5, 0.6) is 0 Å². The summed E-state index contributed by atoms with van der Waals surface area (Å²) < 4.78 is 10.9. The molecule has 0 atom stereocenters. The monoisotopic (exact) mass is 1100 g/mol. The smallest absolute Gasteiger partial charge is 0.324 e. The highest BCUT2D eigenvalue weighted by Crippen LogP contribution is 2.45. The van der Waals surface area contributed by atoms with Crippen molar-refractivity contribution in [2.45, 2.75) is 131 Å². The molecule has 0 heterocycles. The zero-order valence-electron chi connectivity index (χ0n) is 48.4. The third-order valence-corrected chi connectivity index (χ3v) is 14.6. The van der Waals surface area contributed by atoms with E-state index in [2.05, 4.69) is 201 Å². The van der Waals surface area contributed by atoms with Crippen molar-refractivity contribution in [1.82, 2.24) is 4.90 Å². The second-order valence-corrected chi connectivity index (χ2v) is 41.8. The highest BCUT2D eigenvalue weighted by Gasteiger charge is 2.54. The van der Waals surface area contributed by atoms with Gasteiger partial charge in [0.05, 0.1) is 32.9 Å². The Kier molecular flexibility index (Phi) is 26.6. The molecule has 0 aliphatic heterocycles. The molecule has 0 unspecified atom stereocenters. The van der Waals surface area contributed by atoms with Crippen LogP contribution in [0.4, 0.5) is 0 Å². The predicted molar refractivity (Wildman–Crippen MR) is 330 cm³/mol. The van der Waals surface area contributed by atoms with Crippen molar-refractivity contribution < 1.29 is 29.3 Å². The minimum absolute atomic E-state index is 0.0488. The van der Waals surface area contributed by atoms with E-state index < -0.39 is 49.6 Å². The molecule has 0 saturated heterocycles. The largest absolute Gasteiger partial charge is 0.465 e. The number of carbonyl (C=O) groups excluding carboxylic acids is 2. The van der Waals surface area contributed by atoms with Gasteiger partial charge >= 0.3 is 11.9 Å². The van der Waals surface area contributed by atoms with Crippen LogP contribution in [0.25, 0.3) is 0 Å². The van der Waals surface area contributed by atoms with E-state index in [9.17, 15) is 14.7 Å². The standard InChI is InChI=1S/C33H42O5Si2.C23H29NSi2.C10H10O/c1-9-37-31(35)33(32(36)38-10-2)21-28-25(16-18-39(3,4)5)27(20-24-14-12-11-13-15-24)30(23-34)26(29(28)22-33)17-19-40(6,7)8;1-25(2,3)20-14-8-12-18-24(22-23-16-10-7-11-17-23)19-13-9-15-21-26(4,5)6;11-9-5-4-8-10-6-2-1-3-7-10/h11-15,34H,9-10,20-23H2,1-8H3;7,10-11,16-17H,18-19,22H2,1-6H3;1-3,6-7,11H,8-9H2. The van der Waals surface area contributed by atoms with Crippen LogP contribution in [0.1, 0.15) is 63.9 Å². The summed E-state index contributed by atoms with van der Waals surface area (Å²) in [6.07, 6.45) is 1.51. The lowest BCUT2D eigenvalue weighted by atomic mass is 9.84. The Bertz CT molecular complexity index is 2990. The lowest BCUT2D eigenvalue weighted by Gasteiger charge is -2.24. The molecule has 1 aliphatic carbocycles. The molecule has 0 saturated carbocycles. The van der Waals surface area contributed by atoms with Gasteiger partial charge in [0, 0.05) is 36.9 Å². The lowest BCUT2D eigenvalue weighted by molar-refractivity contribution is -0.171. The van der Waals surface area contributed by atoms with E-state index in [0.29, 0.717) is 25.1 Å². The maximum Gasteiger partial charge on any atom is 0.324 e. The van der Waals surface area contributed by atoms with Gasteiger partial charge < -0.3 is 19.7 Å². The SMILES string of the molecule is CCOC(=O)C1(C(=O)OCC)Cc2c(C#C[Si](C)(C)C)c(CO)c(Cc3ccccc3)c(C#C[Si](C)(C)C)c2C1.C[Si](C)(C)C#CC#CCN(CC#CC#C[Si](C)(C)C)Cc1ccccc1.OCC#CCc1ccccc1. The Balaban J connectivity index is 0.000000358. The van der Waals surface area contributed by atoms with Crippen molar-refractivity contribution >= 4 is 44.2 Å². The summed E-state index contributed by atoms with van der Waals surface area (Å²) in [6.45, 7) is 32.0. The maximum atomic E-state index is 13.5. The number of nitrogens with zero attached hydrogens (tertiary/aromatic N) is 1. The topological polar surface area (TPSA) is 96.3 Å². The Morgan fingerprint density at radius 3 is 1.31 bits per heavy atom. The van der Waals surface area contributed by atoms with E-state index in [4.69, 9.17) is 14.6 Å². The summed E-state index contributed by atoms with van der Waals surface area (Å²) in [5.74, 6) is 29.5. The molecule has 0 radical (unpaired) electrons.